The van der Waals surface area contributed by atoms with Gasteiger partial charge in [-0.05, 0) is 37.1 Å². The van der Waals surface area contributed by atoms with Gasteiger partial charge in [-0.1, -0.05) is 12.1 Å². The average Bonchev–Trinajstić information content (AvgIpc) is 2.97. The van der Waals surface area contributed by atoms with Crippen LogP contribution in [0, 0.1) is 0 Å². The summed E-state index contributed by atoms with van der Waals surface area (Å²) < 4.78 is 26.7. The average molecular weight is 294 g/mol. The van der Waals surface area contributed by atoms with Gasteiger partial charge >= 0.3 is 0 Å². The van der Waals surface area contributed by atoms with Crippen LogP contribution < -0.4 is 10.5 Å². The SMILES string of the molecule is NCCCc1ccc(S(=O)(=O)NCc2cn[nH]c2)cc1. The van der Waals surface area contributed by atoms with E-state index in [1.165, 1.54) is 0 Å². The Morgan fingerprint density at radius 1 is 1.20 bits per heavy atom. The highest BCUT2D eigenvalue weighted by molar-refractivity contribution is 7.89. The van der Waals surface area contributed by atoms with Gasteiger partial charge in [0, 0.05) is 18.3 Å². The van der Waals surface area contributed by atoms with E-state index in [-0.39, 0.29) is 11.4 Å². The minimum absolute atomic E-state index is 0.216. The second-order valence-corrected chi connectivity index (χ2v) is 6.23. The summed E-state index contributed by atoms with van der Waals surface area (Å²) in [5, 5.41) is 6.40. The van der Waals surface area contributed by atoms with Crippen molar-refractivity contribution in [3.05, 3.63) is 47.8 Å². The van der Waals surface area contributed by atoms with Gasteiger partial charge in [0.25, 0.3) is 0 Å². The van der Waals surface area contributed by atoms with Crippen molar-refractivity contribution in [3.8, 4) is 0 Å². The Bertz CT molecular complexity index is 621. The van der Waals surface area contributed by atoms with E-state index in [9.17, 15) is 8.42 Å². The Morgan fingerprint density at radius 3 is 2.55 bits per heavy atom. The van der Waals surface area contributed by atoms with Crippen LogP contribution in [0.1, 0.15) is 17.5 Å². The summed E-state index contributed by atoms with van der Waals surface area (Å²) in [5.74, 6) is 0. The van der Waals surface area contributed by atoms with Gasteiger partial charge in [-0.15, -0.1) is 0 Å². The molecule has 0 aliphatic rings. The van der Waals surface area contributed by atoms with Gasteiger partial charge in [0.2, 0.25) is 10.0 Å². The minimum atomic E-state index is -3.49. The molecule has 0 bridgehead atoms. The van der Waals surface area contributed by atoms with Crippen LogP contribution in [0.3, 0.4) is 0 Å². The Balaban J connectivity index is 2.01. The standard InChI is InChI=1S/C13H18N4O2S/c14-7-1-2-11-3-5-13(6-4-11)20(18,19)17-10-12-8-15-16-9-12/h3-6,8-9,17H,1-2,7,10,14H2,(H,15,16). The predicted molar refractivity (Wildman–Crippen MR) is 76.4 cm³/mol. The zero-order chi connectivity index (χ0) is 14.4. The summed E-state index contributed by atoms with van der Waals surface area (Å²) >= 11 is 0. The molecule has 6 nitrogen and oxygen atoms in total. The summed E-state index contributed by atoms with van der Waals surface area (Å²) in [5.41, 5.74) is 7.32. The maximum atomic E-state index is 12.1. The van der Waals surface area contributed by atoms with E-state index in [1.807, 2.05) is 12.1 Å². The fraction of sp³-hybridized carbons (Fsp3) is 0.308. The molecular formula is C13H18N4O2S. The number of nitrogens with one attached hydrogen (secondary N) is 2. The Hall–Kier alpha value is -1.70. The maximum absolute atomic E-state index is 12.1. The fourth-order valence-electron chi connectivity index (χ4n) is 1.78. The van der Waals surface area contributed by atoms with Gasteiger partial charge in [-0.25, -0.2) is 13.1 Å². The van der Waals surface area contributed by atoms with E-state index in [0.717, 1.165) is 24.0 Å². The first kappa shape index (κ1) is 14.7. The molecule has 2 rings (SSSR count). The molecule has 4 N–H and O–H groups in total. The highest BCUT2D eigenvalue weighted by Crippen LogP contribution is 2.12. The molecule has 0 aliphatic heterocycles. The lowest BCUT2D eigenvalue weighted by Crippen LogP contribution is -2.23. The molecule has 0 spiro atoms. The molecule has 0 aliphatic carbocycles. The zero-order valence-corrected chi connectivity index (χ0v) is 11.9. The number of benzene rings is 1. The number of aromatic nitrogens is 2. The van der Waals surface area contributed by atoms with E-state index in [0.29, 0.717) is 6.54 Å². The van der Waals surface area contributed by atoms with Crippen LogP contribution in [0.4, 0.5) is 0 Å². The normalized spacial score (nSPS) is 11.7. The van der Waals surface area contributed by atoms with E-state index in [1.54, 1.807) is 24.5 Å². The minimum Gasteiger partial charge on any atom is -0.330 e. The molecule has 1 aromatic carbocycles. The molecule has 20 heavy (non-hydrogen) atoms. The first-order chi connectivity index (χ1) is 9.62. The van der Waals surface area contributed by atoms with Crippen LogP contribution in [-0.4, -0.2) is 25.2 Å². The smallest absolute Gasteiger partial charge is 0.240 e. The Morgan fingerprint density at radius 2 is 1.95 bits per heavy atom. The third-order valence-corrected chi connectivity index (χ3v) is 4.34. The highest BCUT2D eigenvalue weighted by atomic mass is 32.2. The van der Waals surface area contributed by atoms with Crippen LogP contribution in [-0.2, 0) is 23.0 Å². The lowest BCUT2D eigenvalue weighted by atomic mass is 10.1. The molecular weight excluding hydrogens is 276 g/mol. The zero-order valence-electron chi connectivity index (χ0n) is 11.0. The maximum Gasteiger partial charge on any atom is 0.240 e. The molecule has 1 aromatic heterocycles. The number of hydrogen-bond acceptors (Lipinski definition) is 4. The van der Waals surface area contributed by atoms with Crippen molar-refractivity contribution in [2.75, 3.05) is 6.54 Å². The van der Waals surface area contributed by atoms with Gasteiger partial charge in [0.15, 0.2) is 0 Å². The molecule has 0 saturated carbocycles. The predicted octanol–water partition coefficient (Wildman–Crippen LogP) is 0.780. The van der Waals surface area contributed by atoms with Crippen molar-refractivity contribution in [2.24, 2.45) is 5.73 Å². The van der Waals surface area contributed by atoms with E-state index < -0.39 is 10.0 Å². The molecule has 0 unspecified atom stereocenters. The van der Waals surface area contributed by atoms with Crippen molar-refractivity contribution in [2.45, 2.75) is 24.3 Å². The van der Waals surface area contributed by atoms with Gasteiger partial charge in [-0.2, -0.15) is 5.10 Å². The van der Waals surface area contributed by atoms with Crippen molar-refractivity contribution in [3.63, 3.8) is 0 Å². The number of nitrogens with two attached hydrogens (primary N) is 1. The van der Waals surface area contributed by atoms with Crippen molar-refractivity contribution in [1.29, 1.82) is 0 Å². The summed E-state index contributed by atoms with van der Waals surface area (Å²) in [6, 6.07) is 6.87. The first-order valence-electron chi connectivity index (χ1n) is 6.38. The number of hydrogen-bond donors (Lipinski definition) is 3. The van der Waals surface area contributed by atoms with Crippen molar-refractivity contribution >= 4 is 10.0 Å². The van der Waals surface area contributed by atoms with Gasteiger partial charge in [0.05, 0.1) is 11.1 Å². The number of sulfonamides is 1. The molecule has 2 aromatic rings. The quantitative estimate of drug-likeness (QED) is 0.702. The largest absolute Gasteiger partial charge is 0.330 e. The number of rotatable bonds is 7. The third kappa shape index (κ3) is 3.89. The summed E-state index contributed by atoms with van der Waals surface area (Å²) in [7, 11) is -3.49. The number of aromatic amines is 1. The molecule has 0 saturated heterocycles. The van der Waals surface area contributed by atoms with Crippen molar-refractivity contribution in [1.82, 2.24) is 14.9 Å². The topological polar surface area (TPSA) is 101 Å². The van der Waals surface area contributed by atoms with Crippen LogP contribution in [0.25, 0.3) is 0 Å². The van der Waals surface area contributed by atoms with Crippen molar-refractivity contribution < 1.29 is 8.42 Å². The van der Waals surface area contributed by atoms with Gasteiger partial charge < -0.3 is 5.73 Å². The summed E-state index contributed by atoms with van der Waals surface area (Å²) in [6.45, 7) is 0.847. The van der Waals surface area contributed by atoms with Crippen LogP contribution in [0.15, 0.2) is 41.6 Å². The molecule has 7 heteroatoms. The molecule has 1 heterocycles. The number of H-pyrrole nitrogens is 1. The molecule has 0 fully saturated rings. The number of aryl methyl sites for hydroxylation is 1. The molecule has 108 valence electrons. The summed E-state index contributed by atoms with van der Waals surface area (Å²) in [6.07, 6.45) is 4.99. The lowest BCUT2D eigenvalue weighted by Gasteiger charge is -2.06. The third-order valence-electron chi connectivity index (χ3n) is 2.92. The van der Waals surface area contributed by atoms with Crippen LogP contribution in [0.5, 0.6) is 0 Å². The lowest BCUT2D eigenvalue weighted by molar-refractivity contribution is 0.581. The van der Waals surface area contributed by atoms with E-state index in [4.69, 9.17) is 5.73 Å². The monoisotopic (exact) mass is 294 g/mol. The van der Waals surface area contributed by atoms with Crippen LogP contribution in [0.2, 0.25) is 0 Å². The van der Waals surface area contributed by atoms with Crippen LogP contribution >= 0.6 is 0 Å². The fourth-order valence-corrected chi connectivity index (χ4v) is 2.80. The van der Waals surface area contributed by atoms with Gasteiger partial charge in [0.1, 0.15) is 0 Å². The second-order valence-electron chi connectivity index (χ2n) is 4.47. The van der Waals surface area contributed by atoms with Gasteiger partial charge in [-0.3, -0.25) is 5.10 Å². The van der Waals surface area contributed by atoms with E-state index >= 15 is 0 Å². The molecule has 0 radical (unpaired) electrons. The van der Waals surface area contributed by atoms with E-state index in [2.05, 4.69) is 14.9 Å². The second kappa shape index (κ2) is 6.65. The Kier molecular flexibility index (Phi) is 4.89. The Labute approximate surface area is 118 Å². The highest BCUT2D eigenvalue weighted by Gasteiger charge is 2.13. The number of nitrogens with zero attached hydrogens (tertiary/aromatic N) is 1. The summed E-state index contributed by atoms with van der Waals surface area (Å²) in [4.78, 5) is 0.262. The first-order valence-corrected chi connectivity index (χ1v) is 7.86. The molecule has 0 amide bonds. The molecule has 0 atom stereocenters.